The lowest BCUT2D eigenvalue weighted by Crippen LogP contribution is -2.07. The van der Waals surface area contributed by atoms with Crippen molar-refractivity contribution >= 4 is 11.9 Å². The van der Waals surface area contributed by atoms with Crippen LogP contribution in [0.15, 0.2) is 22.3 Å². The summed E-state index contributed by atoms with van der Waals surface area (Å²) in [6.45, 7) is 6.36. The number of rotatable bonds is 2. The number of aromatic nitrogens is 1. The van der Waals surface area contributed by atoms with E-state index in [9.17, 15) is 0 Å². The van der Waals surface area contributed by atoms with Gasteiger partial charge in [-0.25, -0.2) is 0 Å². The van der Waals surface area contributed by atoms with Gasteiger partial charge in [0.1, 0.15) is 0 Å². The lowest BCUT2D eigenvalue weighted by Gasteiger charge is -2.09. The average molecular weight is 201 g/mol. The second kappa shape index (κ2) is 3.93. The molecule has 0 atom stereocenters. The Morgan fingerprint density at radius 1 is 1.27 bits per heavy atom. The zero-order valence-electron chi connectivity index (χ0n) is 9.36. The predicted molar refractivity (Wildman–Crippen MR) is 62.7 cm³/mol. The van der Waals surface area contributed by atoms with Crippen molar-refractivity contribution in [2.24, 2.45) is 10.2 Å². The molecule has 0 aliphatic carbocycles. The fourth-order valence-electron chi connectivity index (χ4n) is 1.58. The van der Waals surface area contributed by atoms with Gasteiger partial charge < -0.3 is 0 Å². The molecule has 0 unspecified atom stereocenters. The zero-order valence-corrected chi connectivity index (χ0v) is 9.36. The summed E-state index contributed by atoms with van der Waals surface area (Å²) in [5, 5.41) is 7.97. The second-order valence-electron chi connectivity index (χ2n) is 4.11. The van der Waals surface area contributed by atoms with Gasteiger partial charge in [-0.1, -0.05) is 19.9 Å². The molecule has 1 aromatic heterocycles. The molecule has 3 heteroatoms. The maximum atomic E-state index is 4.64. The minimum Gasteiger partial charge on any atom is -0.251 e. The number of pyridine rings is 1. The van der Waals surface area contributed by atoms with Crippen LogP contribution in [0.1, 0.15) is 43.1 Å². The van der Waals surface area contributed by atoms with Gasteiger partial charge in [-0.05, 0) is 24.5 Å². The largest absolute Gasteiger partial charge is 0.251 e. The molecule has 0 spiro atoms. The molecule has 0 saturated carbocycles. The van der Waals surface area contributed by atoms with Crippen molar-refractivity contribution in [1.82, 2.24) is 4.98 Å². The Kier molecular flexibility index (Phi) is 2.62. The molecule has 0 fully saturated rings. The average Bonchev–Trinajstić information content (AvgIpc) is 2.71. The van der Waals surface area contributed by atoms with Crippen LogP contribution in [0.3, 0.4) is 0 Å². The summed E-state index contributed by atoms with van der Waals surface area (Å²) < 4.78 is 0. The van der Waals surface area contributed by atoms with Crippen molar-refractivity contribution in [3.63, 3.8) is 0 Å². The molecule has 0 saturated heterocycles. The van der Waals surface area contributed by atoms with E-state index in [1.807, 2.05) is 6.21 Å². The first kappa shape index (κ1) is 10.0. The van der Waals surface area contributed by atoms with Gasteiger partial charge in [-0.15, -0.1) is 0 Å². The van der Waals surface area contributed by atoms with Crippen LogP contribution in [0, 0.1) is 6.92 Å². The number of aryl methyl sites for hydroxylation is 1. The van der Waals surface area contributed by atoms with Crippen LogP contribution >= 0.6 is 0 Å². The van der Waals surface area contributed by atoms with Gasteiger partial charge in [0.25, 0.3) is 0 Å². The molecule has 0 aromatic carbocycles. The molecular weight excluding hydrogens is 186 g/mol. The van der Waals surface area contributed by atoms with Crippen molar-refractivity contribution in [2.75, 3.05) is 0 Å². The highest BCUT2D eigenvalue weighted by Gasteiger charge is 2.12. The first-order valence-corrected chi connectivity index (χ1v) is 5.24. The van der Waals surface area contributed by atoms with E-state index in [1.165, 1.54) is 5.56 Å². The Balaban J connectivity index is 2.41. The summed E-state index contributed by atoms with van der Waals surface area (Å²) in [4.78, 5) is 4.64. The smallest absolute Gasteiger partial charge is 0.0943 e. The molecule has 0 N–H and O–H groups in total. The quantitative estimate of drug-likeness (QED) is 0.724. The second-order valence-corrected chi connectivity index (χ2v) is 4.11. The fraction of sp³-hybridized carbons (Fsp3) is 0.417. The van der Waals surface area contributed by atoms with Crippen molar-refractivity contribution in [2.45, 2.75) is 33.1 Å². The predicted octanol–water partition coefficient (Wildman–Crippen LogP) is 2.69. The standard InChI is InChI=1S/C12H15N3/c1-8(2)10-5-4-9(3)12(14-10)11-6-7-13-15-11/h4-5,7-8H,6H2,1-3H3. The highest BCUT2D eigenvalue weighted by atomic mass is 15.2. The SMILES string of the molecule is Cc1ccc(C(C)C)nc1C1=NN=CC1. The Morgan fingerprint density at radius 3 is 2.67 bits per heavy atom. The molecule has 1 aliphatic heterocycles. The van der Waals surface area contributed by atoms with E-state index < -0.39 is 0 Å². The molecule has 0 radical (unpaired) electrons. The van der Waals surface area contributed by atoms with E-state index in [0.29, 0.717) is 5.92 Å². The van der Waals surface area contributed by atoms with Crippen LogP contribution in [-0.2, 0) is 0 Å². The Hall–Kier alpha value is -1.51. The molecule has 0 bridgehead atoms. The number of nitrogens with zero attached hydrogens (tertiary/aromatic N) is 3. The van der Waals surface area contributed by atoms with E-state index in [0.717, 1.165) is 23.5 Å². The van der Waals surface area contributed by atoms with Crippen LogP contribution in [0.25, 0.3) is 0 Å². The first-order valence-electron chi connectivity index (χ1n) is 5.24. The summed E-state index contributed by atoms with van der Waals surface area (Å²) in [5.41, 5.74) is 4.27. The molecule has 0 amide bonds. The Morgan fingerprint density at radius 2 is 2.07 bits per heavy atom. The fourth-order valence-corrected chi connectivity index (χ4v) is 1.58. The molecule has 2 rings (SSSR count). The first-order chi connectivity index (χ1) is 7.18. The zero-order chi connectivity index (χ0) is 10.8. The summed E-state index contributed by atoms with van der Waals surface area (Å²) >= 11 is 0. The molecule has 1 aromatic rings. The number of hydrogen-bond donors (Lipinski definition) is 0. The normalized spacial score (nSPS) is 14.8. The molecule has 3 nitrogen and oxygen atoms in total. The third-order valence-corrected chi connectivity index (χ3v) is 2.53. The Labute approximate surface area is 90.0 Å². The van der Waals surface area contributed by atoms with E-state index in [4.69, 9.17) is 0 Å². The van der Waals surface area contributed by atoms with Crippen LogP contribution < -0.4 is 0 Å². The molecule has 1 aliphatic rings. The summed E-state index contributed by atoms with van der Waals surface area (Å²) in [5.74, 6) is 0.451. The van der Waals surface area contributed by atoms with Crippen LogP contribution in [-0.4, -0.2) is 16.9 Å². The van der Waals surface area contributed by atoms with Gasteiger partial charge in [0.2, 0.25) is 0 Å². The Bertz CT molecular complexity index is 430. The maximum absolute atomic E-state index is 4.64. The van der Waals surface area contributed by atoms with Gasteiger partial charge in [0.05, 0.1) is 11.4 Å². The minimum absolute atomic E-state index is 0.451. The van der Waals surface area contributed by atoms with Gasteiger partial charge >= 0.3 is 0 Å². The highest BCUT2D eigenvalue weighted by molar-refractivity contribution is 6.08. The van der Waals surface area contributed by atoms with Crippen molar-refractivity contribution in [3.05, 3.63) is 29.1 Å². The third kappa shape index (κ3) is 1.96. The molecule has 15 heavy (non-hydrogen) atoms. The molecule has 2 heterocycles. The van der Waals surface area contributed by atoms with Gasteiger partial charge in [-0.3, -0.25) is 4.98 Å². The van der Waals surface area contributed by atoms with E-state index >= 15 is 0 Å². The van der Waals surface area contributed by atoms with Crippen molar-refractivity contribution < 1.29 is 0 Å². The van der Waals surface area contributed by atoms with Crippen LogP contribution in [0.4, 0.5) is 0 Å². The lowest BCUT2D eigenvalue weighted by molar-refractivity contribution is 0.818. The van der Waals surface area contributed by atoms with Crippen molar-refractivity contribution in [1.29, 1.82) is 0 Å². The minimum atomic E-state index is 0.451. The van der Waals surface area contributed by atoms with Crippen molar-refractivity contribution in [3.8, 4) is 0 Å². The van der Waals surface area contributed by atoms with E-state index in [1.54, 1.807) is 0 Å². The maximum Gasteiger partial charge on any atom is 0.0943 e. The molecule has 78 valence electrons. The van der Waals surface area contributed by atoms with E-state index in [2.05, 4.69) is 48.1 Å². The molecular formula is C12H15N3. The van der Waals surface area contributed by atoms with Crippen LogP contribution in [0.2, 0.25) is 0 Å². The third-order valence-electron chi connectivity index (χ3n) is 2.53. The summed E-state index contributed by atoms with van der Waals surface area (Å²) in [6.07, 6.45) is 2.62. The van der Waals surface area contributed by atoms with E-state index in [-0.39, 0.29) is 0 Å². The van der Waals surface area contributed by atoms with Gasteiger partial charge in [0.15, 0.2) is 0 Å². The highest BCUT2D eigenvalue weighted by Crippen LogP contribution is 2.17. The topological polar surface area (TPSA) is 37.6 Å². The van der Waals surface area contributed by atoms with Gasteiger partial charge in [-0.2, -0.15) is 10.2 Å². The summed E-state index contributed by atoms with van der Waals surface area (Å²) in [7, 11) is 0. The number of hydrogen-bond acceptors (Lipinski definition) is 3. The lowest BCUT2D eigenvalue weighted by atomic mass is 10.0. The summed E-state index contributed by atoms with van der Waals surface area (Å²) in [6, 6.07) is 4.19. The van der Waals surface area contributed by atoms with Crippen LogP contribution in [0.5, 0.6) is 0 Å². The van der Waals surface area contributed by atoms with Gasteiger partial charge in [0, 0.05) is 18.3 Å². The monoisotopic (exact) mass is 201 g/mol.